The van der Waals surface area contributed by atoms with Crippen molar-refractivity contribution in [3.8, 4) is 5.88 Å². The number of hydrogen-bond acceptors (Lipinski definition) is 4. The molecule has 0 unspecified atom stereocenters. The van der Waals surface area contributed by atoms with Gasteiger partial charge in [-0.15, -0.1) is 0 Å². The van der Waals surface area contributed by atoms with E-state index in [1.165, 1.54) is 6.07 Å². The molecular formula is C12H7ClF3N3O2S. The van der Waals surface area contributed by atoms with Crippen molar-refractivity contribution < 1.29 is 18.3 Å². The van der Waals surface area contributed by atoms with E-state index in [0.717, 1.165) is 18.3 Å². The minimum atomic E-state index is -4.66. The maximum absolute atomic E-state index is 12.9. The Morgan fingerprint density at radius 1 is 1.32 bits per heavy atom. The molecule has 2 aromatic rings. The van der Waals surface area contributed by atoms with Crippen LogP contribution in [0, 0.1) is 4.77 Å². The molecular weight excluding hydrogens is 343 g/mol. The molecule has 0 atom stereocenters. The molecule has 1 aromatic heterocycles. The van der Waals surface area contributed by atoms with Gasteiger partial charge in [0.05, 0.1) is 11.3 Å². The quantitative estimate of drug-likeness (QED) is 0.572. The molecule has 22 heavy (non-hydrogen) atoms. The third-order valence-corrected chi connectivity index (χ3v) is 2.99. The van der Waals surface area contributed by atoms with E-state index in [2.05, 4.69) is 27.2 Å². The molecule has 5 nitrogen and oxygen atoms in total. The fraction of sp³-hybridized carbons (Fsp3) is 0.0833. The maximum Gasteiger partial charge on any atom is 0.418 e. The lowest BCUT2D eigenvalue weighted by molar-refractivity contribution is -0.137. The molecule has 0 radical (unpaired) electrons. The third kappa shape index (κ3) is 3.55. The van der Waals surface area contributed by atoms with Crippen molar-refractivity contribution in [3.63, 3.8) is 0 Å². The molecule has 10 heteroatoms. The number of nitrogens with one attached hydrogen (secondary N) is 2. The van der Waals surface area contributed by atoms with Crippen LogP contribution in [0.4, 0.5) is 18.9 Å². The molecule has 0 amide bonds. The van der Waals surface area contributed by atoms with Crippen LogP contribution in [0.2, 0.25) is 5.02 Å². The molecule has 0 bridgehead atoms. The summed E-state index contributed by atoms with van der Waals surface area (Å²) in [6.07, 6.45) is -3.86. The number of aliphatic imine (C=N–C) groups is 1. The number of rotatable bonds is 2. The van der Waals surface area contributed by atoms with Gasteiger partial charge in [0.1, 0.15) is 5.56 Å². The summed E-state index contributed by atoms with van der Waals surface area (Å²) in [6.45, 7) is 0. The van der Waals surface area contributed by atoms with Crippen LogP contribution < -0.4 is 5.56 Å². The second-order valence-electron chi connectivity index (χ2n) is 4.09. The standard InChI is InChI=1S/C12H7ClF3N3O2S/c13-5-1-2-8(7(3-5)12(14,15)16)17-4-6-9(20)18-11(22)19-10(6)21/h1-4H,(H3,18,19,20,21,22). The fourth-order valence-corrected chi connectivity index (χ4v) is 1.95. The summed E-state index contributed by atoms with van der Waals surface area (Å²) in [6, 6.07) is 3.00. The SMILES string of the molecule is O=c1[nH]c(=S)[nH]c(O)c1C=Nc1ccc(Cl)cc1C(F)(F)F. The first-order valence-electron chi connectivity index (χ1n) is 5.65. The van der Waals surface area contributed by atoms with Crippen LogP contribution in [0.15, 0.2) is 28.0 Å². The molecule has 0 aliphatic heterocycles. The highest BCUT2D eigenvalue weighted by molar-refractivity contribution is 7.71. The van der Waals surface area contributed by atoms with Crippen molar-refractivity contribution in [2.24, 2.45) is 4.99 Å². The van der Waals surface area contributed by atoms with E-state index in [-0.39, 0.29) is 15.4 Å². The second-order valence-corrected chi connectivity index (χ2v) is 4.93. The molecule has 116 valence electrons. The minimum Gasteiger partial charge on any atom is -0.494 e. The van der Waals surface area contributed by atoms with Gasteiger partial charge in [0.15, 0.2) is 4.77 Å². The monoisotopic (exact) mass is 349 g/mol. The predicted molar refractivity (Wildman–Crippen MR) is 77.6 cm³/mol. The van der Waals surface area contributed by atoms with Crippen molar-refractivity contribution in [3.05, 3.63) is 49.5 Å². The smallest absolute Gasteiger partial charge is 0.418 e. The number of H-pyrrole nitrogens is 2. The molecule has 0 fully saturated rings. The maximum atomic E-state index is 12.9. The topological polar surface area (TPSA) is 81.2 Å². The van der Waals surface area contributed by atoms with Crippen LogP contribution in [-0.4, -0.2) is 21.3 Å². The Morgan fingerprint density at radius 2 is 2.00 bits per heavy atom. The molecule has 0 spiro atoms. The zero-order valence-electron chi connectivity index (χ0n) is 10.5. The Balaban J connectivity index is 2.53. The lowest BCUT2D eigenvalue weighted by Gasteiger charge is -2.09. The van der Waals surface area contributed by atoms with Crippen molar-refractivity contribution in [2.75, 3.05) is 0 Å². The number of nitrogens with zero attached hydrogens (tertiary/aromatic N) is 1. The van der Waals surface area contributed by atoms with Crippen LogP contribution in [0.1, 0.15) is 11.1 Å². The highest BCUT2D eigenvalue weighted by atomic mass is 35.5. The molecule has 0 saturated carbocycles. The van der Waals surface area contributed by atoms with Crippen molar-refractivity contribution in [1.29, 1.82) is 0 Å². The van der Waals surface area contributed by atoms with E-state index in [0.29, 0.717) is 0 Å². The summed E-state index contributed by atoms with van der Waals surface area (Å²) in [5.74, 6) is -0.597. The molecule has 0 aliphatic rings. The number of benzene rings is 1. The first-order chi connectivity index (χ1) is 10.2. The van der Waals surface area contributed by atoms with Crippen LogP contribution in [0.3, 0.4) is 0 Å². The zero-order valence-corrected chi connectivity index (χ0v) is 12.1. The summed E-state index contributed by atoms with van der Waals surface area (Å²) < 4.78 is 38.6. The highest BCUT2D eigenvalue weighted by Crippen LogP contribution is 2.37. The zero-order chi connectivity index (χ0) is 16.5. The van der Waals surface area contributed by atoms with Crippen molar-refractivity contribution in [2.45, 2.75) is 6.18 Å². The second kappa shape index (κ2) is 5.93. The van der Waals surface area contributed by atoms with Crippen LogP contribution in [-0.2, 0) is 6.18 Å². The van der Waals surface area contributed by atoms with Crippen molar-refractivity contribution >= 4 is 35.7 Å². The minimum absolute atomic E-state index is 0.101. The van der Waals surface area contributed by atoms with E-state index in [1.807, 2.05) is 0 Å². The third-order valence-electron chi connectivity index (χ3n) is 2.56. The Kier molecular flexibility index (Phi) is 4.38. The largest absolute Gasteiger partial charge is 0.494 e. The summed E-state index contributed by atoms with van der Waals surface area (Å²) in [5, 5.41) is 9.45. The van der Waals surface area contributed by atoms with E-state index in [9.17, 15) is 23.1 Å². The molecule has 1 heterocycles. The fourth-order valence-electron chi connectivity index (χ4n) is 1.59. The van der Waals surface area contributed by atoms with Gasteiger partial charge in [-0.1, -0.05) is 11.6 Å². The average molecular weight is 350 g/mol. The van der Waals surface area contributed by atoms with Gasteiger partial charge in [0.2, 0.25) is 5.88 Å². The number of aromatic nitrogens is 2. The van der Waals surface area contributed by atoms with E-state index in [1.54, 1.807) is 0 Å². The van der Waals surface area contributed by atoms with Gasteiger partial charge in [-0.05, 0) is 30.4 Å². The van der Waals surface area contributed by atoms with Crippen LogP contribution in [0.5, 0.6) is 5.88 Å². The lowest BCUT2D eigenvalue weighted by Crippen LogP contribution is -2.13. The van der Waals surface area contributed by atoms with Crippen molar-refractivity contribution in [1.82, 2.24) is 9.97 Å². The molecule has 2 rings (SSSR count). The van der Waals surface area contributed by atoms with Gasteiger partial charge >= 0.3 is 6.18 Å². The first kappa shape index (κ1) is 16.2. The number of aromatic amines is 2. The number of aromatic hydroxyl groups is 1. The number of alkyl halides is 3. The van der Waals surface area contributed by atoms with Gasteiger partial charge in [0.25, 0.3) is 5.56 Å². The Labute approximate surface area is 131 Å². The number of hydrogen-bond donors (Lipinski definition) is 3. The predicted octanol–water partition coefficient (Wildman–Crippen LogP) is 3.56. The van der Waals surface area contributed by atoms with Gasteiger partial charge in [-0.25, -0.2) is 0 Å². The lowest BCUT2D eigenvalue weighted by atomic mass is 10.1. The van der Waals surface area contributed by atoms with Crippen LogP contribution >= 0.6 is 23.8 Å². The van der Waals surface area contributed by atoms with E-state index >= 15 is 0 Å². The van der Waals surface area contributed by atoms with Gasteiger partial charge in [0, 0.05) is 11.2 Å². The molecule has 0 saturated heterocycles. The molecule has 0 aliphatic carbocycles. The molecule has 3 N–H and O–H groups in total. The van der Waals surface area contributed by atoms with Gasteiger partial charge in [-0.2, -0.15) is 13.2 Å². The van der Waals surface area contributed by atoms with Crippen LogP contribution in [0.25, 0.3) is 0 Å². The highest BCUT2D eigenvalue weighted by Gasteiger charge is 2.33. The van der Waals surface area contributed by atoms with E-state index < -0.39 is 28.9 Å². The first-order valence-corrected chi connectivity index (χ1v) is 6.43. The molecule has 1 aromatic carbocycles. The summed E-state index contributed by atoms with van der Waals surface area (Å²) >= 11 is 10.2. The normalized spacial score (nSPS) is 12.0. The summed E-state index contributed by atoms with van der Waals surface area (Å²) in [4.78, 5) is 19.6. The Bertz CT molecular complexity index is 858. The average Bonchev–Trinajstić information content (AvgIpc) is 2.37. The summed E-state index contributed by atoms with van der Waals surface area (Å²) in [5.41, 5.74) is -2.64. The Hall–Kier alpha value is -2.13. The van der Waals surface area contributed by atoms with E-state index in [4.69, 9.17) is 11.6 Å². The summed E-state index contributed by atoms with van der Waals surface area (Å²) in [7, 11) is 0. The van der Waals surface area contributed by atoms with Gasteiger partial charge in [-0.3, -0.25) is 14.8 Å². The number of halogens is 4. The van der Waals surface area contributed by atoms with Gasteiger partial charge < -0.3 is 10.1 Å². The Morgan fingerprint density at radius 3 is 2.59 bits per heavy atom.